The van der Waals surface area contributed by atoms with Crippen molar-refractivity contribution in [3.8, 4) is 6.07 Å². The lowest BCUT2D eigenvalue weighted by atomic mass is 9.68. The Morgan fingerprint density at radius 1 is 1.00 bits per heavy atom. The van der Waals surface area contributed by atoms with E-state index < -0.39 is 0 Å². The third-order valence-corrected chi connectivity index (χ3v) is 6.65. The predicted octanol–water partition coefficient (Wildman–Crippen LogP) is 2.03. The van der Waals surface area contributed by atoms with E-state index in [2.05, 4.69) is 59.0 Å². The van der Waals surface area contributed by atoms with Crippen molar-refractivity contribution in [2.75, 3.05) is 6.54 Å². The van der Waals surface area contributed by atoms with Crippen molar-refractivity contribution in [2.24, 2.45) is 23.5 Å². The summed E-state index contributed by atoms with van der Waals surface area (Å²) >= 11 is 0. The Labute approximate surface area is 180 Å². The fourth-order valence-electron chi connectivity index (χ4n) is 5.15. The van der Waals surface area contributed by atoms with Gasteiger partial charge >= 0.3 is 0 Å². The number of nitrogens with zero attached hydrogens (tertiary/aromatic N) is 1. The first-order valence-electron chi connectivity index (χ1n) is 10.4. The highest BCUT2D eigenvalue weighted by Crippen LogP contribution is 2.48. The Morgan fingerprint density at radius 2 is 1.68 bits per heavy atom. The third kappa shape index (κ3) is 3.46. The molecule has 0 aromatic heterocycles. The van der Waals surface area contributed by atoms with Crippen LogP contribution in [0.15, 0.2) is 60.0 Å². The van der Waals surface area contributed by atoms with Crippen molar-refractivity contribution in [3.05, 3.63) is 82.5 Å². The molecule has 2 aromatic rings. The van der Waals surface area contributed by atoms with Gasteiger partial charge in [0.2, 0.25) is 0 Å². The summed E-state index contributed by atoms with van der Waals surface area (Å²) in [6.07, 6.45) is -0.358. The molecular weight excluding hydrogens is 395 g/mol. The summed E-state index contributed by atoms with van der Waals surface area (Å²) in [6, 6.07) is 17.0. The maximum absolute atomic E-state index is 13.5. The van der Waals surface area contributed by atoms with Gasteiger partial charge in [-0.05, 0) is 30.2 Å². The van der Waals surface area contributed by atoms with Crippen LogP contribution in [0.3, 0.4) is 0 Å². The zero-order valence-corrected chi connectivity index (χ0v) is 17.1. The molecule has 0 amide bonds. The van der Waals surface area contributed by atoms with Crippen molar-refractivity contribution in [3.63, 3.8) is 0 Å². The van der Waals surface area contributed by atoms with E-state index in [0.29, 0.717) is 12.1 Å². The van der Waals surface area contributed by atoms with E-state index in [0.717, 1.165) is 11.1 Å². The molecule has 160 valence electrons. The number of rotatable bonds is 3. The minimum Gasteiger partial charge on any atom is -0.458 e. The van der Waals surface area contributed by atoms with Gasteiger partial charge in [-0.2, -0.15) is 5.26 Å². The van der Waals surface area contributed by atoms with Gasteiger partial charge in [0.05, 0.1) is 17.7 Å². The smallest absolute Gasteiger partial charge is 0.200 e. The van der Waals surface area contributed by atoms with E-state index in [1.54, 1.807) is 12.1 Å². The SMILES string of the molecule is Cc1ccc(C2NNC3OC(N)=C(C#N)C(C4CNNC4c4ccc(F)cc4)C32)cc1. The summed E-state index contributed by atoms with van der Waals surface area (Å²) in [5.74, 6) is -0.320. The molecule has 3 aliphatic heterocycles. The predicted molar refractivity (Wildman–Crippen MR) is 113 cm³/mol. The molecule has 2 aromatic carbocycles. The van der Waals surface area contributed by atoms with Gasteiger partial charge < -0.3 is 10.5 Å². The summed E-state index contributed by atoms with van der Waals surface area (Å²) < 4.78 is 19.4. The molecular formula is C23H25FN6O. The van der Waals surface area contributed by atoms with Crippen LogP contribution < -0.4 is 27.4 Å². The van der Waals surface area contributed by atoms with Crippen LogP contribution in [-0.4, -0.2) is 12.8 Å². The first-order valence-corrected chi connectivity index (χ1v) is 10.4. The molecule has 7 nitrogen and oxygen atoms in total. The minimum absolute atomic E-state index is 0.0182. The average molecular weight is 420 g/mol. The highest BCUT2D eigenvalue weighted by molar-refractivity contribution is 5.36. The number of halogens is 1. The number of nitrogens with one attached hydrogen (secondary N) is 4. The van der Waals surface area contributed by atoms with Crippen LogP contribution in [0, 0.1) is 41.8 Å². The molecule has 0 radical (unpaired) electrons. The number of fused-ring (bicyclic) bond motifs is 1. The first-order chi connectivity index (χ1) is 15.1. The third-order valence-electron chi connectivity index (χ3n) is 6.65. The molecule has 5 rings (SSSR count). The zero-order valence-electron chi connectivity index (χ0n) is 17.1. The molecule has 6 N–H and O–H groups in total. The number of benzene rings is 2. The lowest BCUT2D eigenvalue weighted by Crippen LogP contribution is -2.45. The van der Waals surface area contributed by atoms with Crippen LogP contribution in [0.4, 0.5) is 4.39 Å². The lowest BCUT2D eigenvalue weighted by molar-refractivity contribution is 0.00572. The molecule has 31 heavy (non-hydrogen) atoms. The van der Waals surface area contributed by atoms with Gasteiger partial charge in [0, 0.05) is 24.3 Å². The number of hydrazine groups is 2. The van der Waals surface area contributed by atoms with E-state index in [9.17, 15) is 9.65 Å². The molecule has 0 spiro atoms. The Bertz CT molecular complexity index is 1030. The first kappa shape index (κ1) is 20.0. The fourth-order valence-corrected chi connectivity index (χ4v) is 5.15. The highest BCUT2D eigenvalue weighted by Gasteiger charge is 2.53. The summed E-state index contributed by atoms with van der Waals surface area (Å²) in [5, 5.41) is 10.00. The number of hydrogen-bond acceptors (Lipinski definition) is 7. The second-order valence-electron chi connectivity index (χ2n) is 8.43. The summed E-state index contributed by atoms with van der Waals surface area (Å²) in [7, 11) is 0. The Morgan fingerprint density at radius 3 is 2.39 bits per heavy atom. The fraction of sp³-hybridized carbons (Fsp3) is 0.348. The summed E-state index contributed by atoms with van der Waals surface area (Å²) in [5.41, 5.74) is 23.1. The maximum atomic E-state index is 13.5. The van der Waals surface area contributed by atoms with E-state index in [1.807, 2.05) is 0 Å². The highest BCUT2D eigenvalue weighted by atomic mass is 19.1. The van der Waals surface area contributed by atoms with Crippen molar-refractivity contribution < 1.29 is 9.13 Å². The minimum atomic E-state index is -0.358. The van der Waals surface area contributed by atoms with Crippen LogP contribution in [0.5, 0.6) is 0 Å². The Hall–Kier alpha value is -2.96. The maximum Gasteiger partial charge on any atom is 0.200 e. The van der Waals surface area contributed by atoms with Gasteiger partial charge in [0.25, 0.3) is 0 Å². The van der Waals surface area contributed by atoms with Crippen LogP contribution in [0.2, 0.25) is 0 Å². The molecule has 0 saturated carbocycles. The largest absolute Gasteiger partial charge is 0.458 e. The molecule has 2 fully saturated rings. The second kappa shape index (κ2) is 7.94. The normalized spacial score (nSPS) is 32.4. The Balaban J connectivity index is 1.56. The summed E-state index contributed by atoms with van der Waals surface area (Å²) in [6.45, 7) is 2.70. The molecule has 2 saturated heterocycles. The quantitative estimate of drug-likeness (QED) is 0.517. The summed E-state index contributed by atoms with van der Waals surface area (Å²) in [4.78, 5) is 0. The van der Waals surface area contributed by atoms with E-state index >= 15 is 0 Å². The van der Waals surface area contributed by atoms with Gasteiger partial charge in [-0.25, -0.2) is 20.7 Å². The van der Waals surface area contributed by atoms with Crippen molar-refractivity contribution in [1.82, 2.24) is 21.7 Å². The molecule has 3 aliphatic rings. The monoisotopic (exact) mass is 420 g/mol. The van der Waals surface area contributed by atoms with Crippen molar-refractivity contribution in [1.29, 1.82) is 5.26 Å². The van der Waals surface area contributed by atoms with Gasteiger partial charge in [0.1, 0.15) is 11.9 Å². The van der Waals surface area contributed by atoms with Gasteiger partial charge in [-0.1, -0.05) is 42.0 Å². The van der Waals surface area contributed by atoms with Crippen LogP contribution in [0.1, 0.15) is 28.8 Å². The average Bonchev–Trinajstić information content (AvgIpc) is 3.41. The second-order valence-corrected chi connectivity index (χ2v) is 8.43. The van der Waals surface area contributed by atoms with Crippen LogP contribution in [0.25, 0.3) is 0 Å². The molecule has 3 heterocycles. The number of nitriles is 1. The van der Waals surface area contributed by atoms with Crippen LogP contribution >= 0.6 is 0 Å². The number of nitrogens with two attached hydrogens (primary N) is 1. The molecule has 8 heteroatoms. The van der Waals surface area contributed by atoms with Gasteiger partial charge in [-0.15, -0.1) is 0 Å². The van der Waals surface area contributed by atoms with Gasteiger partial charge in [0.15, 0.2) is 12.1 Å². The van der Waals surface area contributed by atoms with E-state index in [4.69, 9.17) is 10.5 Å². The number of ether oxygens (including phenoxy) is 1. The standard InChI is InChI=1S/C23H25FN6O/c1-12-2-4-14(5-3-12)21-19-18(16(10-25)22(26)31-23(19)30-29-21)17-11-27-28-20(17)13-6-8-15(24)9-7-13/h2-9,17-21,23,27-30H,11,26H2,1H3. The Kier molecular flexibility index (Phi) is 5.12. The topological polar surface area (TPSA) is 107 Å². The lowest BCUT2D eigenvalue weighted by Gasteiger charge is -2.40. The van der Waals surface area contributed by atoms with E-state index in [1.165, 1.54) is 17.7 Å². The van der Waals surface area contributed by atoms with Crippen molar-refractivity contribution in [2.45, 2.75) is 25.2 Å². The van der Waals surface area contributed by atoms with E-state index in [-0.39, 0.29) is 47.8 Å². The van der Waals surface area contributed by atoms with Crippen molar-refractivity contribution >= 4 is 0 Å². The zero-order chi connectivity index (χ0) is 21.5. The number of aryl methyl sites for hydroxylation is 1. The molecule has 0 bridgehead atoms. The number of allylic oxidation sites excluding steroid dienone is 1. The van der Waals surface area contributed by atoms with Gasteiger partial charge in [-0.3, -0.25) is 5.43 Å². The van der Waals surface area contributed by atoms with Crippen LogP contribution in [-0.2, 0) is 4.74 Å². The molecule has 6 atom stereocenters. The number of hydrogen-bond donors (Lipinski definition) is 5. The molecule has 0 aliphatic carbocycles. The molecule has 6 unspecified atom stereocenters.